The molecule has 0 bridgehead atoms. The highest BCUT2D eigenvalue weighted by atomic mass is 32.2. The van der Waals surface area contributed by atoms with Gasteiger partial charge in [0.05, 0.1) is 11.1 Å². The van der Waals surface area contributed by atoms with Crippen molar-refractivity contribution in [3.8, 4) is 0 Å². The molecule has 0 saturated carbocycles. The summed E-state index contributed by atoms with van der Waals surface area (Å²) >= 11 is 2.81. The Morgan fingerprint density at radius 1 is 1.31 bits per heavy atom. The summed E-state index contributed by atoms with van der Waals surface area (Å²) in [5.74, 6) is 0.601. The van der Waals surface area contributed by atoms with Gasteiger partial charge in [0, 0.05) is 10.6 Å². The summed E-state index contributed by atoms with van der Waals surface area (Å²) in [6.45, 7) is 8.47. The van der Waals surface area contributed by atoms with Gasteiger partial charge in [0.2, 0.25) is 5.91 Å². The van der Waals surface area contributed by atoms with Crippen LogP contribution in [0.15, 0.2) is 34.2 Å². The van der Waals surface area contributed by atoms with Crippen molar-refractivity contribution in [1.29, 1.82) is 0 Å². The summed E-state index contributed by atoms with van der Waals surface area (Å²) in [6, 6.07) is 7.78. The number of fused-ring (bicyclic) bond motifs is 1. The maximum absolute atomic E-state index is 12.7. The first-order valence-electron chi connectivity index (χ1n) is 9.95. The van der Waals surface area contributed by atoms with Crippen molar-refractivity contribution < 1.29 is 4.79 Å². The van der Waals surface area contributed by atoms with E-state index in [4.69, 9.17) is 0 Å². The van der Waals surface area contributed by atoms with E-state index in [1.807, 2.05) is 24.3 Å². The Morgan fingerprint density at radius 3 is 2.79 bits per heavy atom. The molecule has 0 spiro atoms. The number of amides is 1. The lowest BCUT2D eigenvalue weighted by Gasteiger charge is -2.09. The number of nitrogens with zero attached hydrogens (tertiary/aromatic N) is 1. The molecule has 3 rings (SSSR count). The molecule has 3 aromatic rings. The lowest BCUT2D eigenvalue weighted by atomic mass is 9.98. The number of para-hydroxylation sites is 1. The number of anilines is 1. The number of H-pyrrole nitrogens is 1. The molecule has 0 aliphatic rings. The van der Waals surface area contributed by atoms with Crippen LogP contribution in [0.25, 0.3) is 10.2 Å². The number of thioether (sulfide) groups is 1. The van der Waals surface area contributed by atoms with Gasteiger partial charge in [-0.1, -0.05) is 57.2 Å². The Balaban J connectivity index is 1.74. The van der Waals surface area contributed by atoms with E-state index in [0.717, 1.165) is 45.8 Å². The predicted octanol–water partition coefficient (Wildman–Crippen LogP) is 5.17. The fourth-order valence-electron chi connectivity index (χ4n) is 3.23. The average Bonchev–Trinajstić information content (AvgIpc) is 3.02. The molecule has 0 aliphatic heterocycles. The zero-order valence-electron chi connectivity index (χ0n) is 17.3. The minimum absolute atomic E-state index is 0.113. The highest BCUT2D eigenvalue weighted by Gasteiger charge is 2.17. The second-order valence-corrected chi connectivity index (χ2v) is 9.42. The van der Waals surface area contributed by atoms with Crippen LogP contribution in [0.5, 0.6) is 0 Å². The van der Waals surface area contributed by atoms with Gasteiger partial charge in [-0.2, -0.15) is 0 Å². The molecule has 0 aliphatic carbocycles. The van der Waals surface area contributed by atoms with Crippen LogP contribution < -0.4 is 10.9 Å². The Labute approximate surface area is 179 Å². The van der Waals surface area contributed by atoms with Crippen LogP contribution in [-0.2, 0) is 17.6 Å². The number of aromatic amines is 1. The number of benzene rings is 1. The highest BCUT2D eigenvalue weighted by Crippen LogP contribution is 2.30. The third kappa shape index (κ3) is 5.08. The summed E-state index contributed by atoms with van der Waals surface area (Å²) < 4.78 is 0. The molecule has 154 valence electrons. The van der Waals surface area contributed by atoms with Crippen LogP contribution in [0.3, 0.4) is 0 Å². The van der Waals surface area contributed by atoms with E-state index in [0.29, 0.717) is 16.5 Å². The zero-order valence-corrected chi connectivity index (χ0v) is 18.9. The first-order valence-corrected chi connectivity index (χ1v) is 11.8. The molecule has 29 heavy (non-hydrogen) atoms. The van der Waals surface area contributed by atoms with Gasteiger partial charge in [-0.25, -0.2) is 4.98 Å². The van der Waals surface area contributed by atoms with Gasteiger partial charge in [0.25, 0.3) is 5.56 Å². The molecular formula is C22H27N3O2S2. The van der Waals surface area contributed by atoms with Gasteiger partial charge in [0.15, 0.2) is 5.16 Å². The Hall–Kier alpha value is -2.12. The highest BCUT2D eigenvalue weighted by molar-refractivity contribution is 7.99. The van der Waals surface area contributed by atoms with Crippen molar-refractivity contribution in [2.45, 2.75) is 52.1 Å². The SMILES string of the molecule is CCc1ccccc1NC(=O)CSc1nc2sc(C)c(C[C@H](C)CC)c2c(=O)[nH]1. The van der Waals surface area contributed by atoms with E-state index in [-0.39, 0.29) is 17.2 Å². The second-order valence-electron chi connectivity index (χ2n) is 7.25. The Kier molecular flexibility index (Phi) is 7.14. The monoisotopic (exact) mass is 429 g/mol. The Bertz CT molecular complexity index is 1070. The maximum Gasteiger partial charge on any atom is 0.260 e. The van der Waals surface area contributed by atoms with Crippen LogP contribution in [0.1, 0.15) is 43.2 Å². The molecule has 0 unspecified atom stereocenters. The van der Waals surface area contributed by atoms with Crippen molar-refractivity contribution in [3.05, 3.63) is 50.6 Å². The van der Waals surface area contributed by atoms with Gasteiger partial charge < -0.3 is 10.3 Å². The lowest BCUT2D eigenvalue weighted by Crippen LogP contribution is -2.16. The van der Waals surface area contributed by atoms with Gasteiger partial charge in [-0.05, 0) is 42.9 Å². The van der Waals surface area contributed by atoms with E-state index in [1.165, 1.54) is 11.8 Å². The van der Waals surface area contributed by atoms with E-state index in [2.05, 4.69) is 43.0 Å². The van der Waals surface area contributed by atoms with Crippen molar-refractivity contribution in [2.24, 2.45) is 5.92 Å². The van der Waals surface area contributed by atoms with Gasteiger partial charge in [-0.3, -0.25) is 9.59 Å². The van der Waals surface area contributed by atoms with E-state index in [1.54, 1.807) is 11.3 Å². The minimum atomic E-state index is -0.114. The van der Waals surface area contributed by atoms with Crippen molar-refractivity contribution in [1.82, 2.24) is 9.97 Å². The summed E-state index contributed by atoms with van der Waals surface area (Å²) in [7, 11) is 0. The van der Waals surface area contributed by atoms with Crippen molar-refractivity contribution in [2.75, 3.05) is 11.1 Å². The molecule has 7 heteroatoms. The zero-order chi connectivity index (χ0) is 21.0. The van der Waals surface area contributed by atoms with Crippen LogP contribution in [0, 0.1) is 12.8 Å². The number of hydrogen-bond donors (Lipinski definition) is 2. The molecule has 2 heterocycles. The molecule has 1 atom stereocenters. The number of rotatable bonds is 8. The first kappa shape index (κ1) is 21.6. The number of aryl methyl sites for hydroxylation is 2. The van der Waals surface area contributed by atoms with Gasteiger partial charge in [0.1, 0.15) is 4.83 Å². The third-order valence-electron chi connectivity index (χ3n) is 5.10. The molecular weight excluding hydrogens is 402 g/mol. The summed E-state index contributed by atoms with van der Waals surface area (Å²) in [5.41, 5.74) is 2.93. The summed E-state index contributed by atoms with van der Waals surface area (Å²) in [4.78, 5) is 34.5. The third-order valence-corrected chi connectivity index (χ3v) is 7.02. The molecule has 0 fully saturated rings. The molecule has 1 amide bonds. The standard InChI is InChI=1S/C22H27N3O2S2/c1-5-13(3)11-16-14(4)29-21-19(16)20(27)24-22(25-21)28-12-18(26)23-17-10-8-7-9-15(17)6-2/h7-10,13H,5-6,11-12H2,1-4H3,(H,23,26)(H,24,25,27)/t13-/m1/s1. The Morgan fingerprint density at radius 2 is 2.07 bits per heavy atom. The second kappa shape index (κ2) is 9.59. The molecule has 2 N–H and O–H groups in total. The van der Waals surface area contributed by atoms with E-state index < -0.39 is 0 Å². The number of nitrogens with one attached hydrogen (secondary N) is 2. The fraction of sp³-hybridized carbons (Fsp3) is 0.409. The van der Waals surface area contributed by atoms with Crippen LogP contribution >= 0.6 is 23.1 Å². The number of carbonyl (C=O) groups is 1. The first-order chi connectivity index (χ1) is 13.9. The number of hydrogen-bond acceptors (Lipinski definition) is 5. The molecule has 0 radical (unpaired) electrons. The normalized spacial score (nSPS) is 12.3. The molecule has 5 nitrogen and oxygen atoms in total. The predicted molar refractivity (Wildman–Crippen MR) is 123 cm³/mol. The van der Waals surface area contributed by atoms with Crippen molar-refractivity contribution >= 4 is 44.9 Å². The maximum atomic E-state index is 12.7. The topological polar surface area (TPSA) is 74.8 Å². The summed E-state index contributed by atoms with van der Waals surface area (Å²) in [5, 5.41) is 4.14. The number of aromatic nitrogens is 2. The number of thiophene rings is 1. The molecule has 2 aromatic heterocycles. The smallest absolute Gasteiger partial charge is 0.260 e. The fourth-order valence-corrected chi connectivity index (χ4v) is 5.01. The minimum Gasteiger partial charge on any atom is -0.325 e. The molecule has 0 saturated heterocycles. The van der Waals surface area contributed by atoms with Crippen LogP contribution in [-0.4, -0.2) is 21.6 Å². The van der Waals surface area contributed by atoms with Crippen LogP contribution in [0.2, 0.25) is 0 Å². The van der Waals surface area contributed by atoms with Crippen LogP contribution in [0.4, 0.5) is 5.69 Å². The average molecular weight is 430 g/mol. The quantitative estimate of drug-likeness (QED) is 0.382. The van der Waals surface area contributed by atoms with Gasteiger partial charge >= 0.3 is 0 Å². The largest absolute Gasteiger partial charge is 0.325 e. The lowest BCUT2D eigenvalue weighted by molar-refractivity contribution is -0.113. The molecule has 1 aromatic carbocycles. The van der Waals surface area contributed by atoms with Crippen molar-refractivity contribution in [3.63, 3.8) is 0 Å². The summed E-state index contributed by atoms with van der Waals surface area (Å²) in [6.07, 6.45) is 2.82. The van der Waals surface area contributed by atoms with E-state index >= 15 is 0 Å². The van der Waals surface area contributed by atoms with Gasteiger partial charge in [-0.15, -0.1) is 11.3 Å². The van der Waals surface area contributed by atoms with E-state index in [9.17, 15) is 9.59 Å². The number of carbonyl (C=O) groups excluding carboxylic acids is 1.